The molecule has 2 aromatic carbocycles. The molecule has 0 amide bonds. The van der Waals surface area contributed by atoms with Crippen LogP contribution in [0.1, 0.15) is 24.8 Å². The predicted octanol–water partition coefficient (Wildman–Crippen LogP) is 4.14. The van der Waals surface area contributed by atoms with E-state index in [0.717, 1.165) is 31.9 Å². The van der Waals surface area contributed by atoms with Gasteiger partial charge in [0.1, 0.15) is 11.4 Å². The molecule has 0 aliphatic carbocycles. The van der Waals surface area contributed by atoms with Gasteiger partial charge in [0.25, 0.3) is 0 Å². The van der Waals surface area contributed by atoms with Crippen LogP contribution in [0.15, 0.2) is 30.3 Å². The van der Waals surface area contributed by atoms with E-state index in [2.05, 4.69) is 10.6 Å². The predicted molar refractivity (Wildman–Crippen MR) is 115 cm³/mol. The Hall–Kier alpha value is -1.36. The van der Waals surface area contributed by atoms with Gasteiger partial charge in [0.2, 0.25) is 0 Å². The second kappa shape index (κ2) is 8.41. The van der Waals surface area contributed by atoms with Crippen molar-refractivity contribution in [1.29, 1.82) is 0 Å². The highest BCUT2D eigenvalue weighted by Crippen LogP contribution is 2.34. The summed E-state index contributed by atoms with van der Waals surface area (Å²) in [6, 6.07) is 7.16. The lowest BCUT2D eigenvalue weighted by Crippen LogP contribution is -2.70. The molecule has 0 saturated carbocycles. The van der Waals surface area contributed by atoms with Crippen LogP contribution in [0.3, 0.4) is 0 Å². The van der Waals surface area contributed by atoms with Gasteiger partial charge in [-0.25, -0.2) is 13.2 Å². The summed E-state index contributed by atoms with van der Waals surface area (Å²) in [5.74, 6) is -2.56. The first kappa shape index (κ1) is 20.9. The molecule has 0 unspecified atom stereocenters. The first-order valence-corrected chi connectivity index (χ1v) is 10.8. The Morgan fingerprint density at radius 3 is 2.62 bits per heavy atom. The van der Waals surface area contributed by atoms with Crippen LogP contribution < -0.4 is 10.6 Å². The van der Waals surface area contributed by atoms with Gasteiger partial charge in [-0.1, -0.05) is 12.5 Å². The number of benzene rings is 2. The molecule has 2 saturated heterocycles. The van der Waals surface area contributed by atoms with E-state index in [0.29, 0.717) is 28.8 Å². The number of hydrogen-bond donors (Lipinski definition) is 3. The van der Waals surface area contributed by atoms with Crippen molar-refractivity contribution < 1.29 is 18.3 Å². The summed E-state index contributed by atoms with van der Waals surface area (Å²) < 4.78 is 43.3. The van der Waals surface area contributed by atoms with Crippen molar-refractivity contribution in [2.24, 2.45) is 0 Å². The largest absolute Gasteiger partial charge is 0.386 e. The number of β-amino-alcohol motifs (C(OH)–C–C–N with tert-alkyl or cyclic N) is 1. The van der Waals surface area contributed by atoms with E-state index in [1.165, 1.54) is 18.2 Å². The SMILES string of the molecule is OC1([C@H]2CCCCN2)CN(Cc2ccc(F)c(F)c2Nc2ccc(I)cc2F)C1. The zero-order valence-corrected chi connectivity index (χ0v) is 18.0. The van der Waals surface area contributed by atoms with E-state index in [1.807, 2.05) is 27.5 Å². The number of hydrogen-bond acceptors (Lipinski definition) is 4. The van der Waals surface area contributed by atoms with Crippen molar-refractivity contribution in [2.75, 3.05) is 25.0 Å². The van der Waals surface area contributed by atoms with Crippen molar-refractivity contribution in [2.45, 2.75) is 37.5 Å². The molecule has 8 heteroatoms. The average Bonchev–Trinajstić information content (AvgIpc) is 2.68. The molecule has 0 radical (unpaired) electrons. The fourth-order valence-electron chi connectivity index (χ4n) is 4.19. The molecule has 4 rings (SSSR count). The summed E-state index contributed by atoms with van der Waals surface area (Å²) in [5, 5.41) is 16.9. The molecule has 3 N–H and O–H groups in total. The van der Waals surface area contributed by atoms with Crippen LogP contribution in [0, 0.1) is 21.0 Å². The summed E-state index contributed by atoms with van der Waals surface area (Å²) in [5.41, 5.74) is -0.269. The van der Waals surface area contributed by atoms with Crippen LogP contribution in [0.5, 0.6) is 0 Å². The van der Waals surface area contributed by atoms with Gasteiger partial charge in [-0.15, -0.1) is 0 Å². The molecule has 0 aromatic heterocycles. The molecule has 0 spiro atoms. The Bertz CT molecular complexity index is 899. The van der Waals surface area contributed by atoms with Crippen LogP contribution in [-0.4, -0.2) is 41.3 Å². The average molecular weight is 517 g/mol. The van der Waals surface area contributed by atoms with Crippen molar-refractivity contribution in [3.05, 3.63) is 56.9 Å². The van der Waals surface area contributed by atoms with Crippen molar-refractivity contribution in [1.82, 2.24) is 10.2 Å². The second-order valence-electron chi connectivity index (χ2n) is 7.90. The number of nitrogens with zero attached hydrogens (tertiary/aromatic N) is 1. The molecular formula is C21H23F3IN3O. The molecular weight excluding hydrogens is 494 g/mol. The highest BCUT2D eigenvalue weighted by molar-refractivity contribution is 14.1. The summed E-state index contributed by atoms with van der Waals surface area (Å²) in [6.45, 7) is 2.16. The number of aliphatic hydroxyl groups is 1. The minimum atomic E-state index is -1.04. The first-order valence-electron chi connectivity index (χ1n) is 9.73. The van der Waals surface area contributed by atoms with Crippen LogP contribution in [0.2, 0.25) is 0 Å². The van der Waals surface area contributed by atoms with E-state index < -0.39 is 23.1 Å². The highest BCUT2D eigenvalue weighted by Gasteiger charge is 2.47. The topological polar surface area (TPSA) is 47.5 Å². The van der Waals surface area contributed by atoms with E-state index in [9.17, 15) is 18.3 Å². The summed E-state index contributed by atoms with van der Waals surface area (Å²) in [4.78, 5) is 1.98. The third-order valence-corrected chi connectivity index (χ3v) is 6.39. The number of nitrogens with one attached hydrogen (secondary N) is 2. The molecule has 1 atom stereocenters. The lowest BCUT2D eigenvalue weighted by molar-refractivity contribution is -0.128. The van der Waals surface area contributed by atoms with Crippen LogP contribution in [0.4, 0.5) is 24.5 Å². The third kappa shape index (κ3) is 4.40. The quantitative estimate of drug-likeness (QED) is 0.522. The summed E-state index contributed by atoms with van der Waals surface area (Å²) in [7, 11) is 0. The number of piperidine rings is 1. The van der Waals surface area contributed by atoms with Crippen LogP contribution >= 0.6 is 22.6 Å². The smallest absolute Gasteiger partial charge is 0.182 e. The van der Waals surface area contributed by atoms with E-state index >= 15 is 0 Å². The van der Waals surface area contributed by atoms with Gasteiger partial charge in [0.15, 0.2) is 11.6 Å². The van der Waals surface area contributed by atoms with E-state index in [1.54, 1.807) is 6.07 Å². The van der Waals surface area contributed by atoms with E-state index in [4.69, 9.17) is 0 Å². The number of halogens is 4. The van der Waals surface area contributed by atoms with Crippen LogP contribution in [0.25, 0.3) is 0 Å². The Labute approximate surface area is 181 Å². The van der Waals surface area contributed by atoms with Crippen molar-refractivity contribution >= 4 is 34.0 Å². The fraction of sp³-hybridized carbons (Fsp3) is 0.429. The molecule has 2 fully saturated rings. The molecule has 29 heavy (non-hydrogen) atoms. The molecule has 0 bridgehead atoms. The van der Waals surface area contributed by atoms with Gasteiger partial charge in [0, 0.05) is 29.2 Å². The van der Waals surface area contributed by atoms with Gasteiger partial charge in [-0.05, 0) is 71.8 Å². The molecule has 2 aromatic rings. The number of rotatable bonds is 5. The van der Waals surface area contributed by atoms with Gasteiger partial charge in [-0.2, -0.15) is 0 Å². The Balaban J connectivity index is 1.50. The molecule has 2 aliphatic heterocycles. The minimum absolute atomic E-state index is 0.0657. The molecule has 2 heterocycles. The zero-order chi connectivity index (χ0) is 20.6. The van der Waals surface area contributed by atoms with Gasteiger partial charge in [0.05, 0.1) is 11.4 Å². The van der Waals surface area contributed by atoms with Gasteiger partial charge < -0.3 is 15.7 Å². The maximum atomic E-state index is 14.5. The zero-order valence-electron chi connectivity index (χ0n) is 15.8. The summed E-state index contributed by atoms with van der Waals surface area (Å²) >= 11 is 1.98. The maximum Gasteiger partial charge on any atom is 0.182 e. The van der Waals surface area contributed by atoms with Gasteiger partial charge in [-0.3, -0.25) is 4.90 Å². The van der Waals surface area contributed by atoms with Crippen molar-refractivity contribution in [3.63, 3.8) is 0 Å². The Morgan fingerprint density at radius 1 is 1.14 bits per heavy atom. The summed E-state index contributed by atoms with van der Waals surface area (Å²) in [6.07, 6.45) is 3.16. The third-order valence-electron chi connectivity index (χ3n) is 5.72. The minimum Gasteiger partial charge on any atom is -0.386 e. The van der Waals surface area contributed by atoms with Crippen molar-refractivity contribution in [3.8, 4) is 0 Å². The lowest BCUT2D eigenvalue weighted by atomic mass is 9.81. The molecule has 2 aliphatic rings. The van der Waals surface area contributed by atoms with Crippen LogP contribution in [-0.2, 0) is 6.54 Å². The first-order chi connectivity index (χ1) is 13.9. The standard InChI is InChI=1S/C21H23F3IN3O/c22-15-6-4-13(10-28-11-21(29,12-28)18-3-1-2-8-26-18)20(19(15)24)27-17-7-5-14(25)9-16(17)23/h4-7,9,18,26-27,29H,1-3,8,10-12H2/t18-/m1/s1. The Kier molecular flexibility index (Phi) is 6.06. The monoisotopic (exact) mass is 517 g/mol. The normalized spacial score (nSPS) is 21.6. The lowest BCUT2D eigenvalue weighted by Gasteiger charge is -2.52. The number of likely N-dealkylation sites (tertiary alicyclic amines) is 1. The number of anilines is 2. The maximum absolute atomic E-state index is 14.5. The highest BCUT2D eigenvalue weighted by atomic mass is 127. The second-order valence-corrected chi connectivity index (χ2v) is 9.14. The molecule has 4 nitrogen and oxygen atoms in total. The molecule has 156 valence electrons. The van der Waals surface area contributed by atoms with E-state index in [-0.39, 0.29) is 17.4 Å². The fourth-order valence-corrected chi connectivity index (χ4v) is 4.65. The van der Waals surface area contributed by atoms with Gasteiger partial charge >= 0.3 is 0 Å². The Morgan fingerprint density at radius 2 is 1.93 bits per heavy atom.